The highest BCUT2D eigenvalue weighted by Crippen LogP contribution is 2.25. The molecule has 0 unspecified atom stereocenters. The normalized spacial score (nSPS) is 10.2. The van der Waals surface area contributed by atoms with Gasteiger partial charge in [-0.2, -0.15) is 12.6 Å². The Morgan fingerprint density at radius 2 is 2.33 bits per heavy atom. The second-order valence-electron chi connectivity index (χ2n) is 2.91. The lowest BCUT2D eigenvalue weighted by molar-refractivity contribution is 0.866. The van der Waals surface area contributed by atoms with Crippen LogP contribution < -0.4 is 4.90 Å². The third kappa shape index (κ3) is 2.42. The molecule has 1 aromatic rings. The van der Waals surface area contributed by atoms with E-state index in [4.69, 9.17) is 0 Å². The summed E-state index contributed by atoms with van der Waals surface area (Å²) in [5, 5.41) is 3.53. The zero-order valence-corrected chi connectivity index (χ0v) is 9.29. The van der Waals surface area contributed by atoms with Gasteiger partial charge in [0, 0.05) is 13.6 Å². The van der Waals surface area contributed by atoms with Crippen LogP contribution in [0.15, 0.2) is 11.4 Å². The first-order valence-electron chi connectivity index (χ1n) is 4.12. The summed E-state index contributed by atoms with van der Waals surface area (Å²) in [4.78, 5) is 2.30. The topological polar surface area (TPSA) is 3.24 Å². The summed E-state index contributed by atoms with van der Waals surface area (Å²) in [7, 11) is 2.14. The summed E-state index contributed by atoms with van der Waals surface area (Å²) >= 11 is 6.00. The van der Waals surface area contributed by atoms with Crippen LogP contribution in [0.4, 0.5) is 5.00 Å². The van der Waals surface area contributed by atoms with Gasteiger partial charge < -0.3 is 4.90 Å². The molecule has 1 aromatic heterocycles. The minimum atomic E-state index is 0.967. The Morgan fingerprint density at radius 3 is 2.83 bits per heavy atom. The molecule has 0 spiro atoms. The van der Waals surface area contributed by atoms with Crippen LogP contribution in [-0.2, 0) is 0 Å². The quantitative estimate of drug-likeness (QED) is 0.733. The van der Waals surface area contributed by atoms with Crippen LogP contribution >= 0.6 is 24.0 Å². The summed E-state index contributed by atoms with van der Waals surface area (Å²) in [5.74, 6) is 0.967. The molecule has 12 heavy (non-hydrogen) atoms. The van der Waals surface area contributed by atoms with E-state index in [-0.39, 0.29) is 0 Å². The van der Waals surface area contributed by atoms with Crippen molar-refractivity contribution < 1.29 is 0 Å². The van der Waals surface area contributed by atoms with E-state index in [2.05, 4.69) is 42.9 Å². The molecule has 0 radical (unpaired) electrons. The molecule has 1 heterocycles. The van der Waals surface area contributed by atoms with Crippen molar-refractivity contribution in [1.82, 2.24) is 0 Å². The first kappa shape index (κ1) is 9.93. The predicted octanol–water partition coefficient (Wildman–Crippen LogP) is 2.81. The molecule has 3 heteroatoms. The third-order valence-electron chi connectivity index (χ3n) is 1.83. The lowest BCUT2D eigenvalue weighted by atomic mass is 10.3. The number of aryl methyl sites for hydroxylation is 1. The van der Waals surface area contributed by atoms with Crippen molar-refractivity contribution in [1.29, 1.82) is 0 Å². The van der Waals surface area contributed by atoms with Gasteiger partial charge in [-0.1, -0.05) is 0 Å². The van der Waals surface area contributed by atoms with Gasteiger partial charge in [-0.05, 0) is 36.1 Å². The maximum Gasteiger partial charge on any atom is 0.0935 e. The number of rotatable bonds is 4. The molecule has 0 fully saturated rings. The van der Waals surface area contributed by atoms with E-state index in [1.54, 1.807) is 0 Å². The Morgan fingerprint density at radius 1 is 1.58 bits per heavy atom. The first-order chi connectivity index (χ1) is 5.75. The van der Waals surface area contributed by atoms with Gasteiger partial charge in [0.05, 0.1) is 5.00 Å². The molecule has 0 saturated carbocycles. The molecule has 1 nitrogen and oxygen atoms in total. The fourth-order valence-corrected chi connectivity index (χ4v) is 2.23. The molecule has 1 rings (SSSR count). The van der Waals surface area contributed by atoms with Crippen LogP contribution in [0.5, 0.6) is 0 Å². The molecular formula is C9H15NS2. The Hall–Kier alpha value is -0.150. The van der Waals surface area contributed by atoms with Crippen molar-refractivity contribution >= 4 is 29.0 Å². The maximum atomic E-state index is 4.20. The van der Waals surface area contributed by atoms with E-state index in [0.29, 0.717) is 0 Å². The molecule has 0 N–H and O–H groups in total. The number of hydrogen-bond acceptors (Lipinski definition) is 3. The van der Waals surface area contributed by atoms with Gasteiger partial charge in [-0.15, -0.1) is 11.3 Å². The smallest absolute Gasteiger partial charge is 0.0935 e. The number of thiophene rings is 1. The molecular weight excluding hydrogens is 186 g/mol. The van der Waals surface area contributed by atoms with E-state index in [1.165, 1.54) is 10.6 Å². The number of hydrogen-bond donors (Lipinski definition) is 1. The van der Waals surface area contributed by atoms with Gasteiger partial charge in [0.25, 0.3) is 0 Å². The average molecular weight is 201 g/mol. The van der Waals surface area contributed by atoms with E-state index in [0.717, 1.165) is 18.7 Å². The molecule has 0 amide bonds. The minimum Gasteiger partial charge on any atom is -0.366 e. The maximum absolute atomic E-state index is 4.20. The van der Waals surface area contributed by atoms with Crippen molar-refractivity contribution in [2.45, 2.75) is 13.3 Å². The lowest BCUT2D eigenvalue weighted by Gasteiger charge is -2.17. The zero-order chi connectivity index (χ0) is 8.97. The van der Waals surface area contributed by atoms with Crippen molar-refractivity contribution in [2.75, 3.05) is 24.2 Å². The SMILES string of the molecule is Cc1ccsc1N(C)CCCS. The monoisotopic (exact) mass is 201 g/mol. The lowest BCUT2D eigenvalue weighted by Crippen LogP contribution is -2.18. The van der Waals surface area contributed by atoms with Crippen molar-refractivity contribution in [2.24, 2.45) is 0 Å². The fourth-order valence-electron chi connectivity index (χ4n) is 1.17. The van der Waals surface area contributed by atoms with Gasteiger partial charge in [0.2, 0.25) is 0 Å². The molecule has 0 saturated heterocycles. The third-order valence-corrected chi connectivity index (χ3v) is 3.28. The standard InChI is InChI=1S/C9H15NS2/c1-8-4-7-12-9(8)10(2)5-3-6-11/h4,7,11H,3,5-6H2,1-2H3. The van der Waals surface area contributed by atoms with Crippen molar-refractivity contribution in [3.63, 3.8) is 0 Å². The summed E-state index contributed by atoms with van der Waals surface area (Å²) in [5.41, 5.74) is 1.38. The van der Waals surface area contributed by atoms with Crippen LogP contribution in [0, 0.1) is 6.92 Å². The number of anilines is 1. The Kier molecular flexibility index (Phi) is 3.95. The Balaban J connectivity index is 2.52. The summed E-state index contributed by atoms with van der Waals surface area (Å²) in [6.07, 6.45) is 1.15. The van der Waals surface area contributed by atoms with E-state index in [1.807, 2.05) is 11.3 Å². The summed E-state index contributed by atoms with van der Waals surface area (Å²) < 4.78 is 0. The van der Waals surface area contributed by atoms with Gasteiger partial charge in [0.15, 0.2) is 0 Å². The molecule has 68 valence electrons. The predicted molar refractivity (Wildman–Crippen MR) is 60.8 cm³/mol. The van der Waals surface area contributed by atoms with Crippen LogP contribution in [0.25, 0.3) is 0 Å². The molecule has 0 aliphatic rings. The Bertz CT molecular complexity index is 232. The second kappa shape index (κ2) is 4.77. The van der Waals surface area contributed by atoms with Crippen LogP contribution in [0.2, 0.25) is 0 Å². The van der Waals surface area contributed by atoms with Gasteiger partial charge in [-0.3, -0.25) is 0 Å². The van der Waals surface area contributed by atoms with Crippen LogP contribution in [0.1, 0.15) is 12.0 Å². The van der Waals surface area contributed by atoms with Gasteiger partial charge in [-0.25, -0.2) is 0 Å². The molecule has 0 atom stereocenters. The molecule has 0 aliphatic heterocycles. The van der Waals surface area contributed by atoms with E-state index in [9.17, 15) is 0 Å². The summed E-state index contributed by atoms with van der Waals surface area (Å²) in [6, 6.07) is 2.16. The number of nitrogens with zero attached hydrogens (tertiary/aromatic N) is 1. The first-order valence-corrected chi connectivity index (χ1v) is 5.63. The summed E-state index contributed by atoms with van der Waals surface area (Å²) in [6.45, 7) is 3.26. The highest BCUT2D eigenvalue weighted by molar-refractivity contribution is 7.80. The highest BCUT2D eigenvalue weighted by atomic mass is 32.1. The van der Waals surface area contributed by atoms with E-state index < -0.39 is 0 Å². The van der Waals surface area contributed by atoms with Crippen LogP contribution in [0.3, 0.4) is 0 Å². The van der Waals surface area contributed by atoms with E-state index >= 15 is 0 Å². The van der Waals surface area contributed by atoms with Gasteiger partial charge in [0.1, 0.15) is 0 Å². The zero-order valence-electron chi connectivity index (χ0n) is 7.58. The molecule has 0 aromatic carbocycles. The fraction of sp³-hybridized carbons (Fsp3) is 0.556. The van der Waals surface area contributed by atoms with Gasteiger partial charge >= 0.3 is 0 Å². The van der Waals surface area contributed by atoms with Crippen LogP contribution in [-0.4, -0.2) is 19.3 Å². The average Bonchev–Trinajstić information content (AvgIpc) is 2.47. The minimum absolute atomic E-state index is 0.967. The van der Waals surface area contributed by atoms with Crippen molar-refractivity contribution in [3.8, 4) is 0 Å². The molecule has 0 aliphatic carbocycles. The highest BCUT2D eigenvalue weighted by Gasteiger charge is 2.03. The second-order valence-corrected chi connectivity index (χ2v) is 4.25. The number of thiol groups is 1. The van der Waals surface area contributed by atoms with Crippen molar-refractivity contribution in [3.05, 3.63) is 17.0 Å². The largest absolute Gasteiger partial charge is 0.366 e. The Labute approximate surface area is 83.8 Å². The molecule has 0 bridgehead atoms.